The molecule has 30 heavy (non-hydrogen) atoms. The fourth-order valence-electron chi connectivity index (χ4n) is 3.78. The number of hydrogen-bond acceptors (Lipinski definition) is 3. The van der Waals surface area contributed by atoms with Gasteiger partial charge in [-0.05, 0) is 18.8 Å². The zero-order valence-corrected chi connectivity index (χ0v) is 18.4. The van der Waals surface area contributed by atoms with Crippen LogP contribution in [-0.2, 0) is 18.4 Å². The summed E-state index contributed by atoms with van der Waals surface area (Å²) < 4.78 is 1.82. The standard InChI is InChI=1S/C23H34N6O/c1-28(2)21(30)16-26-23(24-14-18-10-6-4-7-11-18)25-15-20-17-29(3)27-22(20)19-12-8-5-9-13-19/h5,8-9,12-13,17-18H,4,6-7,10-11,14-16H2,1-3H3,(H2,24,25,26). The summed E-state index contributed by atoms with van der Waals surface area (Å²) in [5.41, 5.74) is 3.08. The van der Waals surface area contributed by atoms with E-state index in [1.807, 2.05) is 36.1 Å². The molecule has 0 spiro atoms. The first-order valence-corrected chi connectivity index (χ1v) is 10.8. The topological polar surface area (TPSA) is 74.5 Å². The normalized spacial score (nSPS) is 15.1. The van der Waals surface area contributed by atoms with Crippen LogP contribution in [0.2, 0.25) is 0 Å². The van der Waals surface area contributed by atoms with Crippen molar-refractivity contribution in [3.05, 3.63) is 42.1 Å². The highest BCUT2D eigenvalue weighted by atomic mass is 16.2. The monoisotopic (exact) mass is 410 g/mol. The van der Waals surface area contributed by atoms with Gasteiger partial charge < -0.3 is 15.5 Å². The average Bonchev–Trinajstić information content (AvgIpc) is 3.14. The molecule has 1 saturated carbocycles. The zero-order chi connectivity index (χ0) is 21.3. The number of aryl methyl sites for hydroxylation is 1. The third-order valence-electron chi connectivity index (χ3n) is 5.55. The molecule has 2 aromatic rings. The largest absolute Gasteiger partial charge is 0.356 e. The van der Waals surface area contributed by atoms with Gasteiger partial charge in [-0.2, -0.15) is 5.10 Å². The molecule has 1 aromatic heterocycles. The second-order valence-electron chi connectivity index (χ2n) is 8.23. The number of nitrogens with one attached hydrogen (secondary N) is 2. The summed E-state index contributed by atoms with van der Waals surface area (Å²) in [4.78, 5) is 18.4. The van der Waals surface area contributed by atoms with Crippen molar-refractivity contribution in [2.24, 2.45) is 18.0 Å². The number of amides is 1. The van der Waals surface area contributed by atoms with Crippen LogP contribution in [0, 0.1) is 5.92 Å². The Balaban J connectivity index is 1.71. The minimum absolute atomic E-state index is 0.0218. The smallest absolute Gasteiger partial charge is 0.241 e. The molecule has 1 fully saturated rings. The Bertz CT molecular complexity index is 837. The molecule has 0 radical (unpaired) electrons. The van der Waals surface area contributed by atoms with Crippen LogP contribution in [0.3, 0.4) is 0 Å². The van der Waals surface area contributed by atoms with Crippen molar-refractivity contribution >= 4 is 11.9 Å². The maximum Gasteiger partial charge on any atom is 0.241 e. The first-order chi connectivity index (χ1) is 14.5. The zero-order valence-electron chi connectivity index (χ0n) is 18.4. The maximum absolute atomic E-state index is 12.0. The van der Waals surface area contributed by atoms with E-state index in [4.69, 9.17) is 4.99 Å². The highest BCUT2D eigenvalue weighted by molar-refractivity contribution is 5.86. The fourth-order valence-corrected chi connectivity index (χ4v) is 3.78. The van der Waals surface area contributed by atoms with Crippen molar-refractivity contribution in [2.75, 3.05) is 27.2 Å². The van der Waals surface area contributed by atoms with Crippen molar-refractivity contribution < 1.29 is 4.79 Å². The second-order valence-corrected chi connectivity index (χ2v) is 8.23. The summed E-state index contributed by atoms with van der Waals surface area (Å²) >= 11 is 0. The molecular weight excluding hydrogens is 376 g/mol. The van der Waals surface area contributed by atoms with Gasteiger partial charge in [0, 0.05) is 45.0 Å². The van der Waals surface area contributed by atoms with Gasteiger partial charge in [0.1, 0.15) is 0 Å². The predicted octanol–water partition coefficient (Wildman–Crippen LogP) is 2.79. The van der Waals surface area contributed by atoms with E-state index in [9.17, 15) is 4.79 Å². The summed E-state index contributed by atoms with van der Waals surface area (Å²) in [5.74, 6) is 1.38. The lowest BCUT2D eigenvalue weighted by atomic mass is 9.89. The molecule has 2 N–H and O–H groups in total. The molecule has 1 amide bonds. The van der Waals surface area contributed by atoms with Gasteiger partial charge in [0.25, 0.3) is 0 Å². The van der Waals surface area contributed by atoms with E-state index < -0.39 is 0 Å². The van der Waals surface area contributed by atoms with Crippen molar-refractivity contribution in [2.45, 2.75) is 38.6 Å². The fraction of sp³-hybridized carbons (Fsp3) is 0.522. The molecule has 1 heterocycles. The number of rotatable bonds is 7. The van der Waals surface area contributed by atoms with Crippen LogP contribution >= 0.6 is 0 Å². The Kier molecular flexibility index (Phi) is 7.88. The van der Waals surface area contributed by atoms with Gasteiger partial charge in [-0.15, -0.1) is 0 Å². The van der Waals surface area contributed by atoms with Crippen molar-refractivity contribution in [1.82, 2.24) is 25.3 Å². The molecule has 0 bridgehead atoms. The molecule has 1 aliphatic carbocycles. The molecule has 7 heteroatoms. The number of benzene rings is 1. The molecule has 3 rings (SSSR count). The number of nitrogens with zero attached hydrogens (tertiary/aromatic N) is 4. The SMILES string of the molecule is CN(C)C(=O)CNC(=NCc1cn(C)nc1-c1ccccc1)NCC1CCCCC1. The molecule has 0 atom stereocenters. The van der Waals surface area contributed by atoms with Crippen LogP contribution in [-0.4, -0.2) is 53.7 Å². The van der Waals surface area contributed by atoms with Crippen LogP contribution in [0.15, 0.2) is 41.5 Å². The Morgan fingerprint density at radius 3 is 2.60 bits per heavy atom. The molecule has 162 valence electrons. The predicted molar refractivity (Wildman–Crippen MR) is 121 cm³/mol. The van der Waals surface area contributed by atoms with E-state index in [1.54, 1.807) is 19.0 Å². The van der Waals surface area contributed by atoms with Crippen LogP contribution in [0.1, 0.15) is 37.7 Å². The Morgan fingerprint density at radius 1 is 1.17 bits per heavy atom. The number of aromatic nitrogens is 2. The summed E-state index contributed by atoms with van der Waals surface area (Å²) in [6, 6.07) is 10.2. The van der Waals surface area contributed by atoms with Crippen LogP contribution in [0.4, 0.5) is 0 Å². The van der Waals surface area contributed by atoms with Crippen molar-refractivity contribution in [3.8, 4) is 11.3 Å². The minimum atomic E-state index is 0.0218. The molecular formula is C23H34N6O. The van der Waals surface area contributed by atoms with Crippen LogP contribution < -0.4 is 10.6 Å². The average molecular weight is 411 g/mol. The Morgan fingerprint density at radius 2 is 1.90 bits per heavy atom. The number of carbonyl (C=O) groups excluding carboxylic acids is 1. The van der Waals surface area contributed by atoms with Gasteiger partial charge in [0.05, 0.1) is 18.8 Å². The molecule has 1 aliphatic rings. The van der Waals surface area contributed by atoms with Gasteiger partial charge >= 0.3 is 0 Å². The van der Waals surface area contributed by atoms with E-state index in [0.29, 0.717) is 18.4 Å². The van der Waals surface area contributed by atoms with E-state index in [1.165, 1.54) is 32.1 Å². The van der Waals surface area contributed by atoms with Crippen LogP contribution in [0.25, 0.3) is 11.3 Å². The first kappa shape index (κ1) is 21.9. The number of likely N-dealkylation sites (N-methyl/N-ethyl adjacent to an activating group) is 1. The third-order valence-corrected chi connectivity index (χ3v) is 5.55. The first-order valence-electron chi connectivity index (χ1n) is 10.8. The van der Waals surface area contributed by atoms with E-state index in [0.717, 1.165) is 23.4 Å². The van der Waals surface area contributed by atoms with Gasteiger partial charge in [-0.3, -0.25) is 9.48 Å². The second kappa shape index (κ2) is 10.8. The molecule has 0 aliphatic heterocycles. The van der Waals surface area contributed by atoms with Gasteiger partial charge in [0.15, 0.2) is 5.96 Å². The summed E-state index contributed by atoms with van der Waals surface area (Å²) in [5, 5.41) is 11.3. The van der Waals surface area contributed by atoms with E-state index in [-0.39, 0.29) is 12.5 Å². The van der Waals surface area contributed by atoms with E-state index in [2.05, 4.69) is 27.9 Å². The quantitative estimate of drug-likeness (QED) is 0.544. The molecule has 1 aromatic carbocycles. The molecule has 7 nitrogen and oxygen atoms in total. The van der Waals surface area contributed by atoms with Crippen molar-refractivity contribution in [3.63, 3.8) is 0 Å². The van der Waals surface area contributed by atoms with E-state index >= 15 is 0 Å². The summed E-state index contributed by atoms with van der Waals surface area (Å²) in [6.45, 7) is 1.61. The molecule has 0 unspecified atom stereocenters. The molecule has 0 saturated heterocycles. The number of aliphatic imine (C=N–C) groups is 1. The third kappa shape index (κ3) is 6.34. The highest BCUT2D eigenvalue weighted by Crippen LogP contribution is 2.23. The van der Waals surface area contributed by atoms with Crippen molar-refractivity contribution in [1.29, 1.82) is 0 Å². The maximum atomic E-state index is 12.0. The lowest BCUT2D eigenvalue weighted by Gasteiger charge is -2.23. The Labute approximate surface area is 179 Å². The lowest BCUT2D eigenvalue weighted by molar-refractivity contribution is -0.127. The summed E-state index contributed by atoms with van der Waals surface area (Å²) in [7, 11) is 5.45. The number of hydrogen-bond donors (Lipinski definition) is 2. The highest BCUT2D eigenvalue weighted by Gasteiger charge is 2.15. The van der Waals surface area contributed by atoms with Gasteiger partial charge in [-0.25, -0.2) is 4.99 Å². The number of carbonyl (C=O) groups is 1. The summed E-state index contributed by atoms with van der Waals surface area (Å²) in [6.07, 6.45) is 8.49. The van der Waals surface area contributed by atoms with Crippen LogP contribution in [0.5, 0.6) is 0 Å². The Hall–Kier alpha value is -2.83. The number of guanidine groups is 1. The van der Waals surface area contributed by atoms with Gasteiger partial charge in [0.2, 0.25) is 5.91 Å². The minimum Gasteiger partial charge on any atom is -0.356 e. The van der Waals surface area contributed by atoms with Gasteiger partial charge in [-0.1, -0.05) is 49.6 Å². The lowest BCUT2D eigenvalue weighted by Crippen LogP contribution is -2.44.